The average molecular weight is 306 g/mol. The first-order valence-electron chi connectivity index (χ1n) is 4.91. The molecule has 1 unspecified atom stereocenters. The number of nitrogens with one attached hydrogen (secondary N) is 1. The molecule has 2 heterocycles. The fourth-order valence-corrected chi connectivity index (χ4v) is 2.65. The van der Waals surface area contributed by atoms with Crippen molar-refractivity contribution in [1.29, 1.82) is 0 Å². The summed E-state index contributed by atoms with van der Waals surface area (Å²) in [6.45, 7) is 1.08. The van der Waals surface area contributed by atoms with E-state index < -0.39 is 5.60 Å². The van der Waals surface area contributed by atoms with Crippen LogP contribution < -0.4 is 5.32 Å². The van der Waals surface area contributed by atoms with Gasteiger partial charge in [0.25, 0.3) is 5.91 Å². The molecular formula is C10H12BrNO3S. The van der Waals surface area contributed by atoms with E-state index in [0.29, 0.717) is 25.2 Å². The fourth-order valence-electron chi connectivity index (χ4n) is 1.51. The topological polar surface area (TPSA) is 58.6 Å². The number of hydrogen-bond acceptors (Lipinski definition) is 4. The highest BCUT2D eigenvalue weighted by molar-refractivity contribution is 9.11. The maximum absolute atomic E-state index is 11.7. The third kappa shape index (κ3) is 2.82. The highest BCUT2D eigenvalue weighted by atomic mass is 79.9. The average Bonchev–Trinajstić information content (AvgIpc) is 2.85. The van der Waals surface area contributed by atoms with Gasteiger partial charge in [-0.2, -0.15) is 0 Å². The molecular weight excluding hydrogens is 294 g/mol. The number of thiophene rings is 1. The van der Waals surface area contributed by atoms with E-state index in [9.17, 15) is 9.90 Å². The minimum atomic E-state index is -0.900. The number of carbonyl (C=O) groups excluding carboxylic acids is 1. The van der Waals surface area contributed by atoms with Crippen LogP contribution in [0.5, 0.6) is 0 Å². The molecule has 0 aliphatic carbocycles. The van der Waals surface area contributed by atoms with Gasteiger partial charge in [-0.05, 0) is 22.0 Å². The van der Waals surface area contributed by atoms with Crippen LogP contribution in [0.25, 0.3) is 0 Å². The maximum atomic E-state index is 11.7. The van der Waals surface area contributed by atoms with Gasteiger partial charge >= 0.3 is 0 Å². The lowest BCUT2D eigenvalue weighted by Gasteiger charge is -2.20. The lowest BCUT2D eigenvalue weighted by molar-refractivity contribution is 0.0264. The molecule has 1 aromatic rings. The van der Waals surface area contributed by atoms with E-state index in [2.05, 4.69) is 21.2 Å². The Morgan fingerprint density at radius 3 is 3.12 bits per heavy atom. The van der Waals surface area contributed by atoms with E-state index in [1.807, 2.05) is 0 Å². The van der Waals surface area contributed by atoms with Crippen LogP contribution in [-0.4, -0.2) is 36.4 Å². The summed E-state index contributed by atoms with van der Waals surface area (Å²) in [4.78, 5) is 11.7. The van der Waals surface area contributed by atoms with Crippen molar-refractivity contribution in [3.63, 3.8) is 0 Å². The summed E-state index contributed by atoms with van der Waals surface area (Å²) in [6, 6.07) is 1.76. The van der Waals surface area contributed by atoms with Crippen LogP contribution in [-0.2, 0) is 4.74 Å². The zero-order valence-corrected chi connectivity index (χ0v) is 10.9. The van der Waals surface area contributed by atoms with Crippen molar-refractivity contribution >= 4 is 33.2 Å². The Labute approximate surface area is 106 Å². The monoisotopic (exact) mass is 305 g/mol. The molecule has 1 aliphatic heterocycles. The number of hydrogen-bond donors (Lipinski definition) is 2. The number of rotatable bonds is 3. The van der Waals surface area contributed by atoms with E-state index >= 15 is 0 Å². The molecule has 0 spiro atoms. The summed E-state index contributed by atoms with van der Waals surface area (Å²) in [5.74, 6) is -0.165. The number of halogens is 1. The first-order valence-corrected chi connectivity index (χ1v) is 6.59. The first-order chi connectivity index (χ1) is 7.59. The Kier molecular flexibility index (Phi) is 3.63. The van der Waals surface area contributed by atoms with Gasteiger partial charge in [-0.15, -0.1) is 11.3 Å². The van der Waals surface area contributed by atoms with Gasteiger partial charge < -0.3 is 15.2 Å². The minimum absolute atomic E-state index is 0.165. The molecule has 2 N–H and O–H groups in total. The number of carbonyl (C=O) groups is 1. The second-order valence-electron chi connectivity index (χ2n) is 3.85. The summed E-state index contributed by atoms with van der Waals surface area (Å²) in [6.07, 6.45) is 0.570. The Morgan fingerprint density at radius 2 is 2.56 bits per heavy atom. The maximum Gasteiger partial charge on any atom is 0.252 e. The fraction of sp³-hybridized carbons (Fsp3) is 0.500. The smallest absolute Gasteiger partial charge is 0.252 e. The molecule has 0 aromatic carbocycles. The lowest BCUT2D eigenvalue weighted by Crippen LogP contribution is -2.43. The van der Waals surface area contributed by atoms with Crippen molar-refractivity contribution in [3.05, 3.63) is 20.8 Å². The van der Waals surface area contributed by atoms with Crippen LogP contribution in [0.3, 0.4) is 0 Å². The summed E-state index contributed by atoms with van der Waals surface area (Å²) < 4.78 is 6.01. The molecule has 1 aromatic heterocycles. The molecule has 2 rings (SSSR count). The quantitative estimate of drug-likeness (QED) is 0.887. The summed E-state index contributed by atoms with van der Waals surface area (Å²) in [7, 11) is 0. The zero-order chi connectivity index (χ0) is 11.6. The Morgan fingerprint density at radius 1 is 1.75 bits per heavy atom. The summed E-state index contributed by atoms with van der Waals surface area (Å²) >= 11 is 4.76. The Hall–Kier alpha value is -0.430. The van der Waals surface area contributed by atoms with Gasteiger partial charge in [0.15, 0.2) is 0 Å². The van der Waals surface area contributed by atoms with Crippen LogP contribution in [0.1, 0.15) is 16.8 Å². The second-order valence-corrected chi connectivity index (χ2v) is 6.14. The van der Waals surface area contributed by atoms with Gasteiger partial charge in [0.1, 0.15) is 5.60 Å². The largest absolute Gasteiger partial charge is 0.386 e. The van der Waals surface area contributed by atoms with Crippen molar-refractivity contribution in [2.75, 3.05) is 19.8 Å². The third-order valence-corrected chi connectivity index (χ3v) is 3.99. The standard InChI is InChI=1S/C10H12BrNO3S/c11-8-3-7(4-16-8)9(13)12-5-10(14)1-2-15-6-10/h3-4,14H,1-2,5-6H2,(H,12,13). The number of aliphatic hydroxyl groups is 1. The first kappa shape index (κ1) is 12.0. The highest BCUT2D eigenvalue weighted by Crippen LogP contribution is 2.21. The van der Waals surface area contributed by atoms with E-state index in [1.165, 1.54) is 11.3 Å². The predicted octanol–water partition coefficient (Wildman–Crippen LogP) is 1.39. The minimum Gasteiger partial charge on any atom is -0.386 e. The molecule has 0 bridgehead atoms. The third-order valence-electron chi connectivity index (χ3n) is 2.49. The van der Waals surface area contributed by atoms with Crippen molar-refractivity contribution < 1.29 is 14.6 Å². The molecule has 1 amide bonds. The van der Waals surface area contributed by atoms with Gasteiger partial charge in [-0.1, -0.05) is 0 Å². The number of amides is 1. The second kappa shape index (κ2) is 4.83. The lowest BCUT2D eigenvalue weighted by atomic mass is 10.0. The van der Waals surface area contributed by atoms with Crippen LogP contribution in [0.2, 0.25) is 0 Å². The van der Waals surface area contributed by atoms with Crippen molar-refractivity contribution in [2.24, 2.45) is 0 Å². The zero-order valence-electron chi connectivity index (χ0n) is 8.53. The Bertz CT molecular complexity index is 387. The SMILES string of the molecule is O=C(NCC1(O)CCOC1)c1csc(Br)c1. The molecule has 88 valence electrons. The van der Waals surface area contributed by atoms with E-state index in [0.717, 1.165) is 3.79 Å². The molecule has 16 heavy (non-hydrogen) atoms. The van der Waals surface area contributed by atoms with Crippen molar-refractivity contribution in [2.45, 2.75) is 12.0 Å². The van der Waals surface area contributed by atoms with Crippen LogP contribution in [0.4, 0.5) is 0 Å². The molecule has 1 atom stereocenters. The number of ether oxygens (including phenoxy) is 1. The molecule has 0 saturated carbocycles. The molecule has 6 heteroatoms. The molecule has 1 fully saturated rings. The summed E-state index contributed by atoms with van der Waals surface area (Å²) in [5, 5.41) is 14.4. The van der Waals surface area contributed by atoms with Crippen LogP contribution >= 0.6 is 27.3 Å². The van der Waals surface area contributed by atoms with Gasteiger partial charge in [0.05, 0.1) is 16.0 Å². The van der Waals surface area contributed by atoms with Crippen molar-refractivity contribution in [3.8, 4) is 0 Å². The molecule has 1 aliphatic rings. The van der Waals surface area contributed by atoms with Crippen molar-refractivity contribution in [1.82, 2.24) is 5.32 Å². The Balaban J connectivity index is 1.88. The molecule has 4 nitrogen and oxygen atoms in total. The van der Waals surface area contributed by atoms with Gasteiger partial charge in [-0.3, -0.25) is 4.79 Å². The highest BCUT2D eigenvalue weighted by Gasteiger charge is 2.32. The van der Waals surface area contributed by atoms with Gasteiger partial charge in [-0.25, -0.2) is 0 Å². The summed E-state index contributed by atoms with van der Waals surface area (Å²) in [5.41, 5.74) is -0.289. The van der Waals surface area contributed by atoms with E-state index in [-0.39, 0.29) is 12.5 Å². The van der Waals surface area contributed by atoms with Crippen LogP contribution in [0.15, 0.2) is 15.2 Å². The molecule has 0 radical (unpaired) electrons. The van der Waals surface area contributed by atoms with Gasteiger partial charge in [0.2, 0.25) is 0 Å². The van der Waals surface area contributed by atoms with E-state index in [4.69, 9.17) is 4.74 Å². The van der Waals surface area contributed by atoms with Gasteiger partial charge in [0, 0.05) is 25.0 Å². The normalized spacial score (nSPS) is 24.6. The van der Waals surface area contributed by atoms with E-state index in [1.54, 1.807) is 11.4 Å². The predicted molar refractivity (Wildman–Crippen MR) is 64.7 cm³/mol. The van der Waals surface area contributed by atoms with Crippen LogP contribution in [0, 0.1) is 0 Å². The molecule has 1 saturated heterocycles.